The quantitative estimate of drug-likeness (QED) is 0.436. The van der Waals surface area contributed by atoms with Crippen molar-refractivity contribution < 1.29 is 19.1 Å². The lowest BCUT2D eigenvalue weighted by molar-refractivity contribution is -0.121. The van der Waals surface area contributed by atoms with Gasteiger partial charge in [-0.1, -0.05) is 6.92 Å². The van der Waals surface area contributed by atoms with Crippen LogP contribution < -0.4 is 26.8 Å². The molecule has 0 radical (unpaired) electrons. The molecule has 2 aromatic rings. The van der Waals surface area contributed by atoms with E-state index in [0.29, 0.717) is 31.3 Å². The average Bonchev–Trinajstić information content (AvgIpc) is 2.75. The Bertz CT molecular complexity index is 931. The monoisotopic (exact) mass is 442 g/mol. The molecule has 6 N–H and O–H groups in total. The van der Waals surface area contributed by atoms with Gasteiger partial charge in [-0.15, -0.1) is 0 Å². The summed E-state index contributed by atoms with van der Waals surface area (Å²) in [6.07, 6.45) is 3.78. The highest BCUT2D eigenvalue weighted by Crippen LogP contribution is 2.24. The highest BCUT2D eigenvalue weighted by molar-refractivity contribution is 5.98. The van der Waals surface area contributed by atoms with Crippen molar-refractivity contribution in [1.29, 1.82) is 0 Å². The predicted molar refractivity (Wildman–Crippen MR) is 121 cm³/mol. The summed E-state index contributed by atoms with van der Waals surface area (Å²) in [6, 6.07) is 7.29. The lowest BCUT2D eigenvalue weighted by Gasteiger charge is -2.23. The van der Waals surface area contributed by atoms with Crippen LogP contribution in [0.4, 0.5) is 17.5 Å². The molecule has 1 aromatic carbocycles. The van der Waals surface area contributed by atoms with Gasteiger partial charge in [-0.25, -0.2) is 4.98 Å². The molecule has 2 atom stereocenters. The fourth-order valence-electron chi connectivity index (χ4n) is 3.39. The predicted octanol–water partition coefficient (Wildman–Crippen LogP) is 2.19. The van der Waals surface area contributed by atoms with E-state index in [4.69, 9.17) is 20.9 Å². The molecule has 1 aliphatic heterocycles. The summed E-state index contributed by atoms with van der Waals surface area (Å²) < 4.78 is 11.3. The van der Waals surface area contributed by atoms with Crippen LogP contribution in [0.25, 0.3) is 0 Å². The third-order valence-electron chi connectivity index (χ3n) is 5.21. The Morgan fingerprint density at radius 3 is 2.50 bits per heavy atom. The van der Waals surface area contributed by atoms with Crippen molar-refractivity contribution in [2.75, 3.05) is 23.8 Å². The van der Waals surface area contributed by atoms with E-state index in [1.165, 1.54) is 6.20 Å². The normalized spacial score (nSPS) is 16.1. The summed E-state index contributed by atoms with van der Waals surface area (Å²) in [5.74, 6) is 0.0513. The number of ether oxygens (including phenoxy) is 2. The topological polar surface area (TPSA) is 154 Å². The van der Waals surface area contributed by atoms with E-state index in [2.05, 4.69) is 20.6 Å². The number of carbonyl (C=O) groups is 2. The van der Waals surface area contributed by atoms with E-state index in [0.717, 1.165) is 18.6 Å². The molecule has 172 valence electrons. The zero-order valence-electron chi connectivity index (χ0n) is 18.3. The molecule has 1 saturated heterocycles. The van der Waals surface area contributed by atoms with E-state index in [9.17, 15) is 9.59 Å². The van der Waals surface area contributed by atoms with Crippen molar-refractivity contribution in [3.8, 4) is 5.75 Å². The third-order valence-corrected chi connectivity index (χ3v) is 5.21. The van der Waals surface area contributed by atoms with Crippen molar-refractivity contribution in [2.24, 2.45) is 17.4 Å². The highest BCUT2D eigenvalue weighted by atomic mass is 16.5. The van der Waals surface area contributed by atoms with Crippen LogP contribution in [0.15, 0.2) is 30.5 Å². The van der Waals surface area contributed by atoms with Crippen LogP contribution in [0.5, 0.6) is 5.75 Å². The van der Waals surface area contributed by atoms with Gasteiger partial charge in [-0.2, -0.15) is 4.98 Å². The molecule has 1 aromatic heterocycles. The summed E-state index contributed by atoms with van der Waals surface area (Å²) in [4.78, 5) is 31.7. The number of anilines is 3. The van der Waals surface area contributed by atoms with E-state index in [1.54, 1.807) is 6.92 Å². The number of nitrogens with zero attached hydrogens (tertiary/aromatic N) is 2. The van der Waals surface area contributed by atoms with E-state index in [-0.39, 0.29) is 35.4 Å². The van der Waals surface area contributed by atoms with Crippen LogP contribution in [0, 0.1) is 5.92 Å². The SMILES string of the molecule is CC(CC(C)C(N)=O)Nc1ncc(C(N)=O)c(Nc2ccc(OC3CCOCC3)cc2)n1. The summed E-state index contributed by atoms with van der Waals surface area (Å²) >= 11 is 0. The van der Waals surface area contributed by atoms with Crippen LogP contribution in [0.3, 0.4) is 0 Å². The maximum absolute atomic E-state index is 11.8. The minimum Gasteiger partial charge on any atom is -0.490 e. The molecule has 32 heavy (non-hydrogen) atoms. The number of hydrogen-bond acceptors (Lipinski definition) is 8. The van der Waals surface area contributed by atoms with Crippen molar-refractivity contribution in [3.63, 3.8) is 0 Å². The van der Waals surface area contributed by atoms with E-state index < -0.39 is 5.91 Å². The lowest BCUT2D eigenvalue weighted by Crippen LogP contribution is -2.28. The maximum Gasteiger partial charge on any atom is 0.254 e. The molecular weight excluding hydrogens is 412 g/mol. The van der Waals surface area contributed by atoms with Gasteiger partial charge in [0, 0.05) is 36.7 Å². The summed E-state index contributed by atoms with van der Waals surface area (Å²) in [5, 5.41) is 6.24. The number of aromatic nitrogens is 2. The molecular formula is C22H30N6O4. The molecule has 2 heterocycles. The Morgan fingerprint density at radius 1 is 1.19 bits per heavy atom. The third kappa shape index (κ3) is 6.55. The van der Waals surface area contributed by atoms with Crippen LogP contribution in [0.1, 0.15) is 43.5 Å². The van der Waals surface area contributed by atoms with Crippen molar-refractivity contribution in [1.82, 2.24) is 9.97 Å². The Morgan fingerprint density at radius 2 is 1.88 bits per heavy atom. The first-order chi connectivity index (χ1) is 15.3. The van der Waals surface area contributed by atoms with Gasteiger partial charge in [0.2, 0.25) is 11.9 Å². The fraction of sp³-hybridized carbons (Fsp3) is 0.455. The molecule has 10 heteroatoms. The number of carbonyl (C=O) groups excluding carboxylic acids is 2. The number of amides is 2. The number of nitrogens with two attached hydrogens (primary N) is 2. The average molecular weight is 443 g/mol. The smallest absolute Gasteiger partial charge is 0.254 e. The zero-order valence-corrected chi connectivity index (χ0v) is 18.3. The zero-order chi connectivity index (χ0) is 23.1. The molecule has 2 amide bonds. The second kappa shape index (κ2) is 10.8. The Labute approximate surface area is 187 Å². The Hall–Kier alpha value is -3.40. The number of primary amides is 2. The fourth-order valence-corrected chi connectivity index (χ4v) is 3.39. The molecule has 2 unspecified atom stereocenters. The summed E-state index contributed by atoms with van der Waals surface area (Å²) in [5.41, 5.74) is 11.7. The summed E-state index contributed by atoms with van der Waals surface area (Å²) in [7, 11) is 0. The number of rotatable bonds is 10. The molecule has 0 spiro atoms. The molecule has 0 saturated carbocycles. The first-order valence-corrected chi connectivity index (χ1v) is 10.7. The van der Waals surface area contributed by atoms with Crippen molar-refractivity contribution in [3.05, 3.63) is 36.0 Å². The van der Waals surface area contributed by atoms with Crippen molar-refractivity contribution >= 4 is 29.3 Å². The maximum atomic E-state index is 11.8. The van der Waals surface area contributed by atoms with Gasteiger partial charge in [-0.05, 0) is 37.6 Å². The van der Waals surface area contributed by atoms with E-state index >= 15 is 0 Å². The molecule has 10 nitrogen and oxygen atoms in total. The molecule has 1 aliphatic rings. The van der Waals surface area contributed by atoms with Gasteiger partial charge >= 0.3 is 0 Å². The van der Waals surface area contributed by atoms with Gasteiger partial charge in [0.1, 0.15) is 23.2 Å². The van der Waals surface area contributed by atoms with Crippen LogP contribution in [0.2, 0.25) is 0 Å². The molecule has 0 bridgehead atoms. The highest BCUT2D eigenvalue weighted by Gasteiger charge is 2.18. The largest absolute Gasteiger partial charge is 0.490 e. The second-order valence-electron chi connectivity index (χ2n) is 7.98. The van der Waals surface area contributed by atoms with E-state index in [1.807, 2.05) is 31.2 Å². The number of nitrogens with one attached hydrogen (secondary N) is 2. The number of benzene rings is 1. The first-order valence-electron chi connectivity index (χ1n) is 10.7. The van der Waals surface area contributed by atoms with Crippen LogP contribution >= 0.6 is 0 Å². The Balaban J connectivity index is 1.69. The lowest BCUT2D eigenvalue weighted by atomic mass is 10.0. The minimum atomic E-state index is -0.645. The second-order valence-corrected chi connectivity index (χ2v) is 7.98. The minimum absolute atomic E-state index is 0.105. The molecule has 1 fully saturated rings. The summed E-state index contributed by atoms with van der Waals surface area (Å²) in [6.45, 7) is 5.09. The van der Waals surface area contributed by atoms with Gasteiger partial charge < -0.3 is 31.6 Å². The van der Waals surface area contributed by atoms with Gasteiger partial charge in [0.15, 0.2) is 0 Å². The van der Waals surface area contributed by atoms with Gasteiger partial charge in [0.25, 0.3) is 5.91 Å². The van der Waals surface area contributed by atoms with Crippen LogP contribution in [-0.2, 0) is 9.53 Å². The van der Waals surface area contributed by atoms with Gasteiger partial charge in [-0.3, -0.25) is 9.59 Å². The van der Waals surface area contributed by atoms with Crippen LogP contribution in [-0.4, -0.2) is 47.1 Å². The first kappa shape index (κ1) is 23.3. The van der Waals surface area contributed by atoms with Gasteiger partial charge in [0.05, 0.1) is 13.2 Å². The molecule has 0 aliphatic carbocycles. The molecule has 3 rings (SSSR count). The standard InChI is InChI=1S/C22H30N6O4/c1-13(19(23)29)11-14(2)26-22-25-12-18(20(24)30)21(28-22)27-15-3-5-16(6-4-15)32-17-7-9-31-10-8-17/h3-6,12-14,17H,7-11H2,1-2H3,(H2,23,29)(H2,24,30)(H2,25,26,27,28). The van der Waals surface area contributed by atoms with Crippen molar-refractivity contribution in [2.45, 2.75) is 45.3 Å². The Kier molecular flexibility index (Phi) is 7.82. The number of hydrogen-bond donors (Lipinski definition) is 4.